The van der Waals surface area contributed by atoms with Crippen LogP contribution in [0.15, 0.2) is 77.6 Å². The highest BCUT2D eigenvalue weighted by Crippen LogP contribution is 2.22. The number of amides is 3. The first-order valence-corrected chi connectivity index (χ1v) is 12.5. The van der Waals surface area contributed by atoms with Crippen molar-refractivity contribution in [2.45, 2.75) is 25.3 Å². The molecule has 9 heteroatoms. The van der Waals surface area contributed by atoms with Crippen LogP contribution in [-0.2, 0) is 4.79 Å². The first kappa shape index (κ1) is 24.3. The molecule has 7 nitrogen and oxygen atoms in total. The van der Waals surface area contributed by atoms with Crippen LogP contribution in [0.4, 0.5) is 10.5 Å². The Bertz CT molecular complexity index is 1140. The molecule has 34 heavy (non-hydrogen) atoms. The molecule has 0 saturated carbocycles. The van der Waals surface area contributed by atoms with E-state index in [4.69, 9.17) is 11.6 Å². The van der Waals surface area contributed by atoms with Gasteiger partial charge in [0.25, 0.3) is 5.91 Å². The Kier molecular flexibility index (Phi) is 8.23. The van der Waals surface area contributed by atoms with Gasteiger partial charge in [0.05, 0.1) is 5.71 Å². The Morgan fingerprint density at radius 1 is 1.00 bits per heavy atom. The standard InChI is InChI=1S/C25H25ClIN5O2/c26-17-7-9-19(10-8-17)29-25(34)30-23(21-5-1-2-6-22(21)27)24(33)28-18-11-13-20(14-12-18)31-32-15-3-4-16-32/h1-2,5-13,23H,3-4,14-16H2,(H,28,33)(H2,29,30,34). The second-order valence-electron chi connectivity index (χ2n) is 8.00. The number of hydrazone groups is 1. The predicted molar refractivity (Wildman–Crippen MR) is 144 cm³/mol. The highest BCUT2D eigenvalue weighted by atomic mass is 127. The van der Waals surface area contributed by atoms with Crippen LogP contribution >= 0.6 is 34.2 Å². The molecule has 1 fully saturated rings. The Morgan fingerprint density at radius 2 is 1.74 bits per heavy atom. The Labute approximate surface area is 217 Å². The largest absolute Gasteiger partial charge is 0.324 e. The lowest BCUT2D eigenvalue weighted by molar-refractivity contribution is -0.122. The van der Waals surface area contributed by atoms with Crippen LogP contribution in [0.2, 0.25) is 5.02 Å². The van der Waals surface area contributed by atoms with Gasteiger partial charge in [-0.2, -0.15) is 5.10 Å². The first-order valence-electron chi connectivity index (χ1n) is 11.1. The van der Waals surface area contributed by atoms with Crippen molar-refractivity contribution in [2.24, 2.45) is 5.10 Å². The van der Waals surface area contributed by atoms with Gasteiger partial charge in [-0.15, -0.1) is 0 Å². The van der Waals surface area contributed by atoms with E-state index in [0.29, 0.717) is 28.4 Å². The summed E-state index contributed by atoms with van der Waals surface area (Å²) in [5.41, 5.74) is 2.94. The van der Waals surface area contributed by atoms with Crippen LogP contribution < -0.4 is 16.0 Å². The van der Waals surface area contributed by atoms with Gasteiger partial charge < -0.3 is 16.0 Å². The second kappa shape index (κ2) is 11.5. The molecule has 1 aliphatic carbocycles. The average Bonchev–Trinajstić information content (AvgIpc) is 3.34. The zero-order chi connectivity index (χ0) is 23.9. The summed E-state index contributed by atoms with van der Waals surface area (Å²) in [5.74, 6) is -0.328. The predicted octanol–water partition coefficient (Wildman–Crippen LogP) is 5.22. The molecule has 2 aromatic rings. The third-order valence-electron chi connectivity index (χ3n) is 5.46. The fourth-order valence-corrected chi connectivity index (χ4v) is 4.55. The number of halogens is 2. The van der Waals surface area contributed by atoms with E-state index in [1.165, 1.54) is 12.8 Å². The molecule has 4 rings (SSSR count). The van der Waals surface area contributed by atoms with Crippen molar-refractivity contribution in [3.63, 3.8) is 0 Å². The number of urea groups is 1. The van der Waals surface area contributed by atoms with Crippen LogP contribution in [0.5, 0.6) is 0 Å². The summed E-state index contributed by atoms with van der Waals surface area (Å²) >= 11 is 8.08. The molecule has 176 valence electrons. The monoisotopic (exact) mass is 589 g/mol. The van der Waals surface area contributed by atoms with Gasteiger partial charge in [-0.25, -0.2) is 4.79 Å². The lowest BCUT2D eigenvalue weighted by Gasteiger charge is -2.21. The number of nitrogens with zero attached hydrogens (tertiary/aromatic N) is 2. The van der Waals surface area contributed by atoms with Gasteiger partial charge in [0.15, 0.2) is 0 Å². The minimum Gasteiger partial charge on any atom is -0.324 e. The van der Waals surface area contributed by atoms with Gasteiger partial charge in [0.1, 0.15) is 6.04 Å². The number of benzene rings is 2. The van der Waals surface area contributed by atoms with E-state index < -0.39 is 12.1 Å². The number of hydrogen-bond acceptors (Lipinski definition) is 4. The van der Waals surface area contributed by atoms with E-state index in [9.17, 15) is 9.59 Å². The number of allylic oxidation sites excluding steroid dienone is 3. The molecule has 3 N–H and O–H groups in total. The zero-order valence-corrected chi connectivity index (χ0v) is 21.3. The SMILES string of the molecule is O=C(Nc1ccc(Cl)cc1)NC(C(=O)NC1=CCC(=NN2CCCC2)C=C1)c1ccccc1I. The minimum atomic E-state index is -0.880. The minimum absolute atomic E-state index is 0.328. The van der Waals surface area contributed by atoms with Crippen molar-refractivity contribution < 1.29 is 9.59 Å². The van der Waals surface area contributed by atoms with Crippen LogP contribution in [-0.4, -0.2) is 35.7 Å². The quantitative estimate of drug-likeness (QED) is 0.404. The van der Waals surface area contributed by atoms with E-state index >= 15 is 0 Å². The summed E-state index contributed by atoms with van der Waals surface area (Å²) < 4.78 is 0.875. The topological polar surface area (TPSA) is 85.8 Å². The highest BCUT2D eigenvalue weighted by Gasteiger charge is 2.25. The summed E-state index contributed by atoms with van der Waals surface area (Å²) in [6.07, 6.45) is 8.70. The molecule has 1 aliphatic heterocycles. The molecular formula is C25H25ClIN5O2. The van der Waals surface area contributed by atoms with Crippen LogP contribution in [0.25, 0.3) is 0 Å². The fraction of sp³-hybridized carbons (Fsp3) is 0.240. The van der Waals surface area contributed by atoms with Gasteiger partial charge in [0.2, 0.25) is 0 Å². The molecule has 0 spiro atoms. The maximum Gasteiger partial charge on any atom is 0.320 e. The molecule has 2 aliphatic rings. The van der Waals surface area contributed by atoms with E-state index in [0.717, 1.165) is 22.4 Å². The number of hydrogen-bond donors (Lipinski definition) is 3. The molecule has 2 aromatic carbocycles. The molecule has 1 atom stereocenters. The number of rotatable bonds is 6. The molecule has 3 amide bonds. The molecule has 0 bridgehead atoms. The van der Waals surface area contributed by atoms with Crippen molar-refractivity contribution in [3.8, 4) is 0 Å². The van der Waals surface area contributed by atoms with Gasteiger partial charge in [0, 0.05) is 39.5 Å². The molecular weight excluding hydrogens is 565 g/mol. The summed E-state index contributed by atoms with van der Waals surface area (Å²) in [6.45, 7) is 1.98. The third-order valence-corrected chi connectivity index (χ3v) is 6.70. The Hall–Kier alpha value is -2.85. The van der Waals surface area contributed by atoms with Crippen LogP contribution in [0.1, 0.15) is 30.9 Å². The van der Waals surface area contributed by atoms with Crippen molar-refractivity contribution in [2.75, 3.05) is 18.4 Å². The van der Waals surface area contributed by atoms with Crippen LogP contribution in [0.3, 0.4) is 0 Å². The van der Waals surface area contributed by atoms with E-state index in [-0.39, 0.29) is 5.91 Å². The highest BCUT2D eigenvalue weighted by molar-refractivity contribution is 14.1. The first-order chi connectivity index (χ1) is 16.5. The Morgan fingerprint density at radius 3 is 2.41 bits per heavy atom. The van der Waals surface area contributed by atoms with E-state index in [1.807, 2.05) is 42.5 Å². The van der Waals surface area contributed by atoms with Crippen LogP contribution in [0, 0.1) is 3.57 Å². The second-order valence-corrected chi connectivity index (χ2v) is 9.60. The molecule has 0 aromatic heterocycles. The van der Waals surface area contributed by atoms with Gasteiger partial charge in [-0.1, -0.05) is 35.9 Å². The third kappa shape index (κ3) is 6.60. The van der Waals surface area contributed by atoms with Gasteiger partial charge >= 0.3 is 6.03 Å². The summed E-state index contributed by atoms with van der Waals surface area (Å²) in [6, 6.07) is 12.9. The zero-order valence-electron chi connectivity index (χ0n) is 18.4. The maximum atomic E-state index is 13.3. The summed E-state index contributed by atoms with van der Waals surface area (Å²) in [7, 11) is 0. The Balaban J connectivity index is 1.44. The number of nitrogens with one attached hydrogen (secondary N) is 3. The average molecular weight is 590 g/mol. The summed E-state index contributed by atoms with van der Waals surface area (Å²) in [4.78, 5) is 26.0. The van der Waals surface area contributed by atoms with Gasteiger partial charge in [-0.3, -0.25) is 9.80 Å². The smallest absolute Gasteiger partial charge is 0.320 e. The van der Waals surface area contributed by atoms with Crippen molar-refractivity contribution in [3.05, 3.63) is 86.6 Å². The normalized spacial score (nSPS) is 17.3. The van der Waals surface area contributed by atoms with Gasteiger partial charge in [-0.05, 0) is 83.5 Å². The van der Waals surface area contributed by atoms with Crippen molar-refractivity contribution in [1.29, 1.82) is 0 Å². The number of carbonyl (C=O) groups excluding carboxylic acids is 2. The van der Waals surface area contributed by atoms with Crippen molar-refractivity contribution >= 4 is 57.5 Å². The number of carbonyl (C=O) groups is 2. The lowest BCUT2D eigenvalue weighted by Crippen LogP contribution is -2.42. The van der Waals surface area contributed by atoms with Crippen molar-refractivity contribution in [1.82, 2.24) is 15.6 Å². The van der Waals surface area contributed by atoms with E-state index in [2.05, 4.69) is 48.7 Å². The number of anilines is 1. The summed E-state index contributed by atoms with van der Waals surface area (Å²) in [5, 5.41) is 15.8. The fourth-order valence-electron chi connectivity index (χ4n) is 3.73. The molecule has 1 unspecified atom stereocenters. The van der Waals surface area contributed by atoms with E-state index in [1.54, 1.807) is 24.3 Å². The molecule has 1 saturated heterocycles. The molecule has 1 heterocycles. The maximum absolute atomic E-state index is 13.3. The lowest BCUT2D eigenvalue weighted by atomic mass is 10.1. The molecule has 0 radical (unpaired) electrons.